The van der Waals surface area contributed by atoms with Gasteiger partial charge in [-0.3, -0.25) is 10.1 Å². The second-order valence-electron chi connectivity index (χ2n) is 4.09. The molecule has 20 heavy (non-hydrogen) atoms. The SMILES string of the molecule is CC(COCC(F)(F)F)Nc1ccc(Br)cc1[N+](=O)[O-]. The van der Waals surface area contributed by atoms with Crippen LogP contribution in [0.15, 0.2) is 22.7 Å². The molecule has 1 unspecified atom stereocenters. The first kappa shape index (κ1) is 16.7. The summed E-state index contributed by atoms with van der Waals surface area (Å²) < 4.78 is 40.7. The Bertz CT molecular complexity index is 482. The van der Waals surface area contributed by atoms with Gasteiger partial charge in [0.2, 0.25) is 0 Å². The maximum absolute atomic E-state index is 11.9. The van der Waals surface area contributed by atoms with E-state index in [9.17, 15) is 23.3 Å². The average molecular weight is 357 g/mol. The summed E-state index contributed by atoms with van der Waals surface area (Å²) in [5.74, 6) is 0. The fourth-order valence-electron chi connectivity index (χ4n) is 1.44. The molecule has 0 fully saturated rings. The fourth-order valence-corrected chi connectivity index (χ4v) is 1.79. The van der Waals surface area contributed by atoms with Crippen LogP contribution in [0.3, 0.4) is 0 Å². The van der Waals surface area contributed by atoms with Gasteiger partial charge in [-0.1, -0.05) is 15.9 Å². The Hall–Kier alpha value is -1.35. The highest BCUT2D eigenvalue weighted by molar-refractivity contribution is 9.10. The molecule has 0 aromatic heterocycles. The van der Waals surface area contributed by atoms with E-state index in [4.69, 9.17) is 0 Å². The zero-order valence-electron chi connectivity index (χ0n) is 10.4. The molecule has 9 heteroatoms. The molecule has 0 aliphatic heterocycles. The molecule has 0 amide bonds. The molecule has 5 nitrogen and oxygen atoms in total. The van der Waals surface area contributed by atoms with Crippen molar-refractivity contribution in [3.63, 3.8) is 0 Å². The number of halogens is 4. The van der Waals surface area contributed by atoms with Crippen LogP contribution in [0.1, 0.15) is 6.92 Å². The normalized spacial score (nSPS) is 13.1. The summed E-state index contributed by atoms with van der Waals surface area (Å²) in [6, 6.07) is 3.88. The number of nitrogens with zero attached hydrogens (tertiary/aromatic N) is 1. The number of hydrogen-bond acceptors (Lipinski definition) is 4. The number of ether oxygens (including phenoxy) is 1. The van der Waals surface area contributed by atoms with Gasteiger partial charge in [-0.25, -0.2) is 0 Å². The first-order valence-electron chi connectivity index (χ1n) is 5.54. The van der Waals surface area contributed by atoms with Crippen LogP contribution in [0.4, 0.5) is 24.5 Å². The molecular formula is C11H12BrF3N2O3. The predicted octanol–water partition coefficient (Wildman–Crippen LogP) is 3.74. The van der Waals surface area contributed by atoms with E-state index in [-0.39, 0.29) is 18.0 Å². The van der Waals surface area contributed by atoms with Gasteiger partial charge >= 0.3 is 6.18 Å². The number of rotatable bonds is 6. The van der Waals surface area contributed by atoms with E-state index in [1.54, 1.807) is 13.0 Å². The maximum Gasteiger partial charge on any atom is 0.411 e. The maximum atomic E-state index is 11.9. The molecule has 0 heterocycles. The summed E-state index contributed by atoms with van der Waals surface area (Å²) in [7, 11) is 0. The number of nitrogens with one attached hydrogen (secondary N) is 1. The molecule has 0 aliphatic rings. The Kier molecular flexibility index (Phi) is 5.75. The van der Waals surface area contributed by atoms with Crippen molar-refractivity contribution in [1.82, 2.24) is 0 Å². The van der Waals surface area contributed by atoms with Gasteiger partial charge in [-0.05, 0) is 19.1 Å². The lowest BCUT2D eigenvalue weighted by Gasteiger charge is -2.16. The van der Waals surface area contributed by atoms with Gasteiger partial charge < -0.3 is 10.1 Å². The molecule has 0 spiro atoms. The van der Waals surface area contributed by atoms with Crippen molar-refractivity contribution in [3.8, 4) is 0 Å². The smallest absolute Gasteiger partial charge is 0.375 e. The average Bonchev–Trinajstić information content (AvgIpc) is 2.29. The van der Waals surface area contributed by atoms with Gasteiger partial charge in [0.1, 0.15) is 12.3 Å². The summed E-state index contributed by atoms with van der Waals surface area (Å²) in [5, 5.41) is 13.6. The van der Waals surface area contributed by atoms with E-state index in [1.165, 1.54) is 12.1 Å². The summed E-state index contributed by atoms with van der Waals surface area (Å²) in [6.45, 7) is 0.0102. The van der Waals surface area contributed by atoms with Crippen LogP contribution in [0.25, 0.3) is 0 Å². The first-order valence-corrected chi connectivity index (χ1v) is 6.33. The number of benzene rings is 1. The van der Waals surface area contributed by atoms with E-state index >= 15 is 0 Å². The highest BCUT2D eigenvalue weighted by Crippen LogP contribution is 2.28. The third-order valence-electron chi connectivity index (χ3n) is 2.19. The van der Waals surface area contributed by atoms with Crippen molar-refractivity contribution in [1.29, 1.82) is 0 Å². The van der Waals surface area contributed by atoms with Gasteiger partial charge in [-0.2, -0.15) is 13.2 Å². The van der Waals surface area contributed by atoms with E-state index in [0.29, 0.717) is 4.47 Å². The Morgan fingerprint density at radius 1 is 1.50 bits per heavy atom. The monoisotopic (exact) mass is 356 g/mol. The highest BCUT2D eigenvalue weighted by Gasteiger charge is 2.27. The predicted molar refractivity (Wildman–Crippen MR) is 70.8 cm³/mol. The molecule has 1 N–H and O–H groups in total. The zero-order chi connectivity index (χ0) is 15.3. The van der Waals surface area contributed by atoms with Crippen LogP contribution in [0.5, 0.6) is 0 Å². The van der Waals surface area contributed by atoms with Crippen molar-refractivity contribution in [3.05, 3.63) is 32.8 Å². The quantitative estimate of drug-likeness (QED) is 0.622. The molecule has 0 saturated heterocycles. The second kappa shape index (κ2) is 6.89. The number of nitro groups is 1. The Labute approximate surface area is 121 Å². The molecule has 112 valence electrons. The van der Waals surface area contributed by atoms with Crippen LogP contribution < -0.4 is 5.32 Å². The highest BCUT2D eigenvalue weighted by atomic mass is 79.9. The minimum atomic E-state index is -4.39. The van der Waals surface area contributed by atoms with Gasteiger partial charge in [-0.15, -0.1) is 0 Å². The van der Waals surface area contributed by atoms with E-state index in [1.807, 2.05) is 0 Å². The Morgan fingerprint density at radius 2 is 2.15 bits per heavy atom. The molecule has 0 radical (unpaired) electrons. The van der Waals surface area contributed by atoms with Crippen molar-refractivity contribution in [2.75, 3.05) is 18.5 Å². The van der Waals surface area contributed by atoms with Crippen molar-refractivity contribution >= 4 is 27.3 Å². The molecule has 0 bridgehead atoms. The van der Waals surface area contributed by atoms with Crippen LogP contribution in [0.2, 0.25) is 0 Å². The van der Waals surface area contributed by atoms with Crippen LogP contribution in [-0.4, -0.2) is 30.4 Å². The number of nitro benzene ring substituents is 1. The molecule has 1 aromatic rings. The molecule has 1 aromatic carbocycles. The van der Waals surface area contributed by atoms with Crippen molar-refractivity contribution < 1.29 is 22.8 Å². The standard InChI is InChI=1S/C11H12BrF3N2O3/c1-7(5-20-6-11(13,14)15)16-9-3-2-8(12)4-10(9)17(18)19/h2-4,7,16H,5-6H2,1H3. The van der Waals surface area contributed by atoms with E-state index in [2.05, 4.69) is 26.0 Å². The summed E-state index contributed by atoms with van der Waals surface area (Å²) in [6.07, 6.45) is -4.39. The molecule has 0 aliphatic carbocycles. The fraction of sp³-hybridized carbons (Fsp3) is 0.455. The van der Waals surface area contributed by atoms with Crippen molar-refractivity contribution in [2.45, 2.75) is 19.1 Å². The second-order valence-corrected chi connectivity index (χ2v) is 5.01. The van der Waals surface area contributed by atoms with Gasteiger partial charge in [0.15, 0.2) is 0 Å². The third-order valence-corrected chi connectivity index (χ3v) is 2.69. The van der Waals surface area contributed by atoms with Crippen molar-refractivity contribution in [2.24, 2.45) is 0 Å². The van der Waals surface area contributed by atoms with E-state index in [0.717, 1.165) is 0 Å². The minimum Gasteiger partial charge on any atom is -0.375 e. The van der Waals surface area contributed by atoms with Crippen LogP contribution >= 0.6 is 15.9 Å². The third kappa shape index (κ3) is 5.74. The topological polar surface area (TPSA) is 64.4 Å². The molecular weight excluding hydrogens is 345 g/mol. The lowest BCUT2D eigenvalue weighted by Crippen LogP contribution is -2.26. The number of anilines is 1. The van der Waals surface area contributed by atoms with Crippen LogP contribution in [-0.2, 0) is 4.74 Å². The molecule has 0 saturated carbocycles. The minimum absolute atomic E-state index is 0.165. The summed E-state index contributed by atoms with van der Waals surface area (Å²) in [5.41, 5.74) is 0.0587. The summed E-state index contributed by atoms with van der Waals surface area (Å²) in [4.78, 5) is 10.3. The molecule has 1 atom stereocenters. The lowest BCUT2D eigenvalue weighted by molar-refractivity contribution is -0.384. The number of alkyl halides is 3. The number of hydrogen-bond donors (Lipinski definition) is 1. The Balaban J connectivity index is 2.62. The van der Waals surface area contributed by atoms with Gasteiger partial charge in [0.05, 0.1) is 11.5 Å². The summed E-state index contributed by atoms with van der Waals surface area (Å²) >= 11 is 3.11. The lowest BCUT2D eigenvalue weighted by atomic mass is 10.2. The van der Waals surface area contributed by atoms with Crippen LogP contribution in [0, 0.1) is 10.1 Å². The van der Waals surface area contributed by atoms with E-state index < -0.39 is 23.7 Å². The first-order chi connectivity index (χ1) is 9.19. The molecule has 1 rings (SSSR count). The van der Waals surface area contributed by atoms with Gasteiger partial charge in [0.25, 0.3) is 5.69 Å². The Morgan fingerprint density at radius 3 is 2.70 bits per heavy atom. The largest absolute Gasteiger partial charge is 0.411 e. The zero-order valence-corrected chi connectivity index (χ0v) is 12.0. The van der Waals surface area contributed by atoms with Gasteiger partial charge in [0, 0.05) is 16.6 Å².